The van der Waals surface area contributed by atoms with Gasteiger partial charge in [-0.25, -0.2) is 0 Å². The number of nitrogens with two attached hydrogens (primary N) is 1. The van der Waals surface area contributed by atoms with E-state index in [1.165, 1.54) is 0 Å². The van der Waals surface area contributed by atoms with E-state index in [1.54, 1.807) is 0 Å². The molecule has 4 heteroatoms. The van der Waals surface area contributed by atoms with Crippen molar-refractivity contribution in [1.82, 2.24) is 4.90 Å². The average molecular weight is 358 g/mol. The first kappa shape index (κ1) is 13.8. The molecule has 1 fully saturated rings. The molecule has 1 saturated heterocycles. The number of piperidine rings is 1. The molecule has 0 bridgehead atoms. The minimum Gasteiger partial charge on any atom is -0.338 e. The highest BCUT2D eigenvalue weighted by molar-refractivity contribution is 14.1. The Labute approximate surface area is 122 Å². The second-order valence-electron chi connectivity index (χ2n) is 5.62. The van der Waals surface area contributed by atoms with E-state index < -0.39 is 0 Å². The largest absolute Gasteiger partial charge is 0.338 e. The first-order valence-corrected chi connectivity index (χ1v) is 7.28. The molecule has 1 aromatic rings. The zero-order valence-corrected chi connectivity index (χ0v) is 13.0. The molecule has 1 amide bonds. The molecule has 1 aliphatic rings. The minimum atomic E-state index is -0.00412. The fraction of sp³-hybridized carbons (Fsp3) is 0.500. The van der Waals surface area contributed by atoms with Crippen molar-refractivity contribution in [2.45, 2.75) is 26.3 Å². The maximum Gasteiger partial charge on any atom is 0.253 e. The maximum atomic E-state index is 12.4. The highest BCUT2D eigenvalue weighted by Gasteiger charge is 2.35. The number of halogens is 1. The predicted molar refractivity (Wildman–Crippen MR) is 81.4 cm³/mol. The van der Waals surface area contributed by atoms with Crippen LogP contribution in [0.1, 0.15) is 30.6 Å². The predicted octanol–water partition coefficient (Wildman–Crippen LogP) is 2.49. The fourth-order valence-corrected chi connectivity index (χ4v) is 2.89. The van der Waals surface area contributed by atoms with Crippen LogP contribution < -0.4 is 5.73 Å². The molecule has 0 saturated carbocycles. The van der Waals surface area contributed by atoms with E-state index in [4.69, 9.17) is 5.73 Å². The van der Waals surface area contributed by atoms with Gasteiger partial charge in [0, 0.05) is 28.3 Å². The highest BCUT2D eigenvalue weighted by Crippen LogP contribution is 2.28. The Morgan fingerprint density at radius 2 is 2.22 bits per heavy atom. The Morgan fingerprint density at radius 1 is 1.50 bits per heavy atom. The molecule has 1 heterocycles. The van der Waals surface area contributed by atoms with E-state index in [0.717, 1.165) is 28.6 Å². The number of hydrogen-bond donors (Lipinski definition) is 1. The number of carbonyl (C=O) groups is 1. The molecule has 18 heavy (non-hydrogen) atoms. The molecule has 98 valence electrons. The SMILES string of the molecule is CC1(C)CN(C(=O)c2cccc(I)c2)CCC1N. The van der Waals surface area contributed by atoms with Crippen LogP contribution in [0, 0.1) is 8.99 Å². The van der Waals surface area contributed by atoms with Crippen LogP contribution in [0.2, 0.25) is 0 Å². The molecule has 2 rings (SSSR count). The third-order valence-corrected chi connectivity index (χ3v) is 4.34. The molecule has 2 N–H and O–H groups in total. The Kier molecular flexibility index (Phi) is 3.96. The van der Waals surface area contributed by atoms with Gasteiger partial charge in [-0.05, 0) is 52.6 Å². The third kappa shape index (κ3) is 2.85. The Hall–Kier alpha value is -0.620. The molecule has 3 nitrogen and oxygen atoms in total. The van der Waals surface area contributed by atoms with Crippen LogP contribution in [0.15, 0.2) is 24.3 Å². The maximum absolute atomic E-state index is 12.4. The smallest absolute Gasteiger partial charge is 0.253 e. The lowest BCUT2D eigenvalue weighted by molar-refractivity contribution is 0.0533. The van der Waals surface area contributed by atoms with Gasteiger partial charge in [-0.1, -0.05) is 19.9 Å². The van der Waals surface area contributed by atoms with Gasteiger partial charge in [0.25, 0.3) is 5.91 Å². The zero-order chi connectivity index (χ0) is 13.3. The fourth-order valence-electron chi connectivity index (χ4n) is 2.35. The van der Waals surface area contributed by atoms with Gasteiger partial charge in [0.2, 0.25) is 0 Å². The van der Waals surface area contributed by atoms with Gasteiger partial charge in [-0.15, -0.1) is 0 Å². The number of likely N-dealkylation sites (tertiary alicyclic amines) is 1. The van der Waals surface area contributed by atoms with Crippen molar-refractivity contribution < 1.29 is 4.79 Å². The summed E-state index contributed by atoms with van der Waals surface area (Å²) >= 11 is 2.23. The van der Waals surface area contributed by atoms with E-state index in [0.29, 0.717) is 0 Å². The Balaban J connectivity index is 2.15. The summed E-state index contributed by atoms with van der Waals surface area (Å²) in [6, 6.07) is 7.91. The molecule has 1 aliphatic heterocycles. The highest BCUT2D eigenvalue weighted by atomic mass is 127. The van der Waals surface area contributed by atoms with Crippen LogP contribution in [-0.2, 0) is 0 Å². The summed E-state index contributed by atoms with van der Waals surface area (Å²) in [7, 11) is 0. The van der Waals surface area contributed by atoms with E-state index in [2.05, 4.69) is 36.4 Å². The van der Waals surface area contributed by atoms with Crippen LogP contribution in [0.5, 0.6) is 0 Å². The number of benzene rings is 1. The molecule has 0 spiro atoms. The van der Waals surface area contributed by atoms with Crippen molar-refractivity contribution in [3.63, 3.8) is 0 Å². The van der Waals surface area contributed by atoms with Crippen molar-refractivity contribution in [2.75, 3.05) is 13.1 Å². The van der Waals surface area contributed by atoms with E-state index in [-0.39, 0.29) is 17.4 Å². The quantitative estimate of drug-likeness (QED) is 0.785. The second-order valence-corrected chi connectivity index (χ2v) is 6.87. The summed E-state index contributed by atoms with van der Waals surface area (Å²) < 4.78 is 1.09. The van der Waals surface area contributed by atoms with Gasteiger partial charge >= 0.3 is 0 Å². The van der Waals surface area contributed by atoms with E-state index in [1.807, 2.05) is 29.2 Å². The van der Waals surface area contributed by atoms with Crippen molar-refractivity contribution in [1.29, 1.82) is 0 Å². The van der Waals surface area contributed by atoms with Crippen LogP contribution in [0.25, 0.3) is 0 Å². The van der Waals surface area contributed by atoms with Crippen molar-refractivity contribution in [3.05, 3.63) is 33.4 Å². The Bertz CT molecular complexity index is 459. The summed E-state index contributed by atoms with van der Waals surface area (Å²) in [5, 5.41) is 0. The van der Waals surface area contributed by atoms with E-state index >= 15 is 0 Å². The number of rotatable bonds is 1. The van der Waals surface area contributed by atoms with E-state index in [9.17, 15) is 4.79 Å². The Morgan fingerprint density at radius 3 is 2.83 bits per heavy atom. The van der Waals surface area contributed by atoms with Gasteiger partial charge in [0.05, 0.1) is 0 Å². The van der Waals surface area contributed by atoms with Crippen molar-refractivity contribution >= 4 is 28.5 Å². The normalized spacial score (nSPS) is 22.9. The van der Waals surface area contributed by atoms with Gasteiger partial charge in [0.1, 0.15) is 0 Å². The first-order chi connectivity index (χ1) is 8.40. The average Bonchev–Trinajstić information content (AvgIpc) is 2.31. The van der Waals surface area contributed by atoms with Gasteiger partial charge < -0.3 is 10.6 Å². The monoisotopic (exact) mass is 358 g/mol. The number of nitrogens with zero attached hydrogens (tertiary/aromatic N) is 1. The molecular formula is C14H19IN2O. The number of amides is 1. The van der Waals surface area contributed by atoms with Crippen LogP contribution in [0.4, 0.5) is 0 Å². The lowest BCUT2D eigenvalue weighted by Crippen LogP contribution is -2.54. The van der Waals surface area contributed by atoms with Crippen LogP contribution >= 0.6 is 22.6 Å². The van der Waals surface area contributed by atoms with Gasteiger partial charge in [-0.3, -0.25) is 4.79 Å². The summed E-state index contributed by atoms with van der Waals surface area (Å²) in [6.45, 7) is 5.76. The second kappa shape index (κ2) is 5.17. The van der Waals surface area contributed by atoms with Crippen molar-refractivity contribution in [3.8, 4) is 0 Å². The summed E-state index contributed by atoms with van der Waals surface area (Å²) in [4.78, 5) is 14.4. The molecular weight excluding hydrogens is 339 g/mol. The molecule has 0 aromatic heterocycles. The summed E-state index contributed by atoms with van der Waals surface area (Å²) in [6.07, 6.45) is 0.878. The first-order valence-electron chi connectivity index (χ1n) is 6.20. The topological polar surface area (TPSA) is 46.3 Å². The van der Waals surface area contributed by atoms with Crippen molar-refractivity contribution in [2.24, 2.45) is 11.1 Å². The zero-order valence-electron chi connectivity index (χ0n) is 10.8. The molecule has 1 aromatic carbocycles. The van der Waals surface area contributed by atoms with Crippen LogP contribution in [0.3, 0.4) is 0 Å². The molecule has 0 aliphatic carbocycles. The lowest BCUT2D eigenvalue weighted by Gasteiger charge is -2.42. The minimum absolute atomic E-state index is 0.00412. The molecule has 1 atom stereocenters. The standard InChI is InChI=1S/C14H19IN2O/c1-14(2)9-17(7-6-12(14)16)13(18)10-4-3-5-11(15)8-10/h3-5,8,12H,6-7,9,16H2,1-2H3. The van der Waals surface area contributed by atoms with Crippen LogP contribution in [-0.4, -0.2) is 29.9 Å². The molecule has 1 unspecified atom stereocenters. The molecule has 0 radical (unpaired) electrons. The summed E-state index contributed by atoms with van der Waals surface area (Å²) in [5.41, 5.74) is 6.87. The third-order valence-electron chi connectivity index (χ3n) is 3.67. The lowest BCUT2D eigenvalue weighted by atomic mass is 9.79. The summed E-state index contributed by atoms with van der Waals surface area (Å²) in [5.74, 6) is 0.119. The number of carbonyl (C=O) groups excluding carboxylic acids is 1. The van der Waals surface area contributed by atoms with Gasteiger partial charge in [0.15, 0.2) is 0 Å². The van der Waals surface area contributed by atoms with Gasteiger partial charge in [-0.2, -0.15) is 0 Å². The number of hydrogen-bond acceptors (Lipinski definition) is 2.